The van der Waals surface area contributed by atoms with Crippen molar-refractivity contribution in [2.75, 3.05) is 20.1 Å². The molecule has 1 fully saturated rings. The fourth-order valence-corrected chi connectivity index (χ4v) is 4.12. The van der Waals surface area contributed by atoms with Crippen LogP contribution in [-0.2, 0) is 22.3 Å². The Labute approximate surface area is 155 Å². The van der Waals surface area contributed by atoms with Crippen LogP contribution in [0.4, 0.5) is 0 Å². The summed E-state index contributed by atoms with van der Waals surface area (Å²) in [5, 5.41) is 3.49. The highest BCUT2D eigenvalue weighted by atomic mass is 32.2. The number of benzene rings is 2. The van der Waals surface area contributed by atoms with Gasteiger partial charge in [0.25, 0.3) is 0 Å². The van der Waals surface area contributed by atoms with Crippen molar-refractivity contribution in [3.8, 4) is 0 Å². The van der Waals surface area contributed by atoms with E-state index in [0.29, 0.717) is 12.5 Å². The maximum Gasteiger partial charge on any atom is 0.215 e. The van der Waals surface area contributed by atoms with Crippen LogP contribution in [0.5, 0.6) is 0 Å². The third-order valence-electron chi connectivity index (χ3n) is 4.75. The van der Waals surface area contributed by atoms with E-state index in [2.05, 4.69) is 45.2 Å². The van der Waals surface area contributed by atoms with E-state index in [-0.39, 0.29) is 11.8 Å². The van der Waals surface area contributed by atoms with Gasteiger partial charge in [-0.2, -0.15) is 0 Å². The van der Waals surface area contributed by atoms with Crippen molar-refractivity contribution in [2.45, 2.75) is 18.3 Å². The van der Waals surface area contributed by atoms with Gasteiger partial charge in [-0.15, -0.1) is 0 Å². The van der Waals surface area contributed by atoms with Gasteiger partial charge < -0.3 is 5.32 Å². The highest BCUT2D eigenvalue weighted by Gasteiger charge is 2.27. The van der Waals surface area contributed by atoms with Gasteiger partial charge in [0.05, 0.1) is 11.8 Å². The first kappa shape index (κ1) is 19.0. The van der Waals surface area contributed by atoms with E-state index in [1.54, 1.807) is 0 Å². The van der Waals surface area contributed by atoms with Crippen LogP contribution in [0.1, 0.15) is 22.7 Å². The minimum absolute atomic E-state index is 0.000529. The fourth-order valence-electron chi connectivity index (χ4n) is 3.28. The second-order valence-corrected chi connectivity index (χ2v) is 8.46. The van der Waals surface area contributed by atoms with E-state index in [1.807, 2.05) is 30.3 Å². The van der Waals surface area contributed by atoms with Crippen molar-refractivity contribution < 1.29 is 8.42 Å². The lowest BCUT2D eigenvalue weighted by atomic mass is 9.95. The number of hydrazine groups is 1. The molecule has 2 unspecified atom stereocenters. The SMILES string of the molecule is CNS(=O)(=O)Cc1ccccc1CNCC1CNNC1c1ccccc1. The van der Waals surface area contributed by atoms with Gasteiger partial charge in [0, 0.05) is 25.6 Å². The Bertz CT molecular complexity index is 811. The Kier molecular flexibility index (Phi) is 6.39. The molecule has 1 saturated heterocycles. The molecule has 1 aliphatic rings. The van der Waals surface area contributed by atoms with Gasteiger partial charge in [0.2, 0.25) is 10.0 Å². The largest absolute Gasteiger partial charge is 0.312 e. The number of hydrogen-bond donors (Lipinski definition) is 4. The Morgan fingerprint density at radius 1 is 1.04 bits per heavy atom. The summed E-state index contributed by atoms with van der Waals surface area (Å²) in [5.41, 5.74) is 9.70. The van der Waals surface area contributed by atoms with Crippen molar-refractivity contribution in [1.82, 2.24) is 20.9 Å². The van der Waals surface area contributed by atoms with Gasteiger partial charge >= 0.3 is 0 Å². The van der Waals surface area contributed by atoms with Gasteiger partial charge in [-0.25, -0.2) is 18.6 Å². The molecule has 1 aliphatic heterocycles. The summed E-state index contributed by atoms with van der Waals surface area (Å²) < 4.78 is 26.1. The topological polar surface area (TPSA) is 82.3 Å². The quantitative estimate of drug-likeness (QED) is 0.560. The summed E-state index contributed by atoms with van der Waals surface area (Å²) >= 11 is 0. The van der Waals surface area contributed by atoms with Crippen LogP contribution in [0.15, 0.2) is 54.6 Å². The van der Waals surface area contributed by atoms with Crippen LogP contribution >= 0.6 is 0 Å². The molecule has 0 bridgehead atoms. The first-order valence-electron chi connectivity index (χ1n) is 8.81. The van der Waals surface area contributed by atoms with E-state index in [9.17, 15) is 8.42 Å². The molecule has 2 aromatic carbocycles. The second kappa shape index (κ2) is 8.75. The van der Waals surface area contributed by atoms with Crippen LogP contribution in [0.25, 0.3) is 0 Å². The molecule has 26 heavy (non-hydrogen) atoms. The molecule has 0 saturated carbocycles. The maximum absolute atomic E-state index is 11.9. The molecule has 0 aliphatic carbocycles. The molecule has 0 spiro atoms. The average molecular weight is 375 g/mol. The molecule has 0 radical (unpaired) electrons. The number of hydrogen-bond acceptors (Lipinski definition) is 5. The number of nitrogens with one attached hydrogen (secondary N) is 4. The predicted octanol–water partition coefficient (Wildman–Crippen LogP) is 1.29. The normalized spacial score (nSPS) is 20.3. The first-order chi connectivity index (χ1) is 12.6. The highest BCUT2D eigenvalue weighted by Crippen LogP contribution is 2.24. The summed E-state index contributed by atoms with van der Waals surface area (Å²) in [4.78, 5) is 0. The summed E-state index contributed by atoms with van der Waals surface area (Å²) in [7, 11) is -1.83. The monoisotopic (exact) mass is 374 g/mol. The lowest BCUT2D eigenvalue weighted by Crippen LogP contribution is -2.29. The Morgan fingerprint density at radius 2 is 1.73 bits per heavy atom. The lowest BCUT2D eigenvalue weighted by Gasteiger charge is -2.20. The summed E-state index contributed by atoms with van der Waals surface area (Å²) in [5.74, 6) is 0.422. The van der Waals surface area contributed by atoms with E-state index >= 15 is 0 Å². The highest BCUT2D eigenvalue weighted by molar-refractivity contribution is 7.88. The third-order valence-corrected chi connectivity index (χ3v) is 6.06. The predicted molar refractivity (Wildman–Crippen MR) is 104 cm³/mol. The molecule has 7 heteroatoms. The first-order valence-corrected chi connectivity index (χ1v) is 10.5. The van der Waals surface area contributed by atoms with Crippen LogP contribution in [0, 0.1) is 5.92 Å². The van der Waals surface area contributed by atoms with Gasteiger partial charge in [0.1, 0.15) is 0 Å². The number of sulfonamides is 1. The lowest BCUT2D eigenvalue weighted by molar-refractivity contribution is 0.441. The van der Waals surface area contributed by atoms with Gasteiger partial charge in [-0.3, -0.25) is 5.43 Å². The fraction of sp³-hybridized carbons (Fsp3) is 0.368. The Morgan fingerprint density at radius 3 is 2.46 bits per heavy atom. The zero-order valence-corrected chi connectivity index (χ0v) is 15.7. The van der Waals surface area contributed by atoms with Crippen molar-refractivity contribution in [3.05, 3.63) is 71.3 Å². The van der Waals surface area contributed by atoms with Crippen molar-refractivity contribution in [2.24, 2.45) is 5.92 Å². The van der Waals surface area contributed by atoms with E-state index in [4.69, 9.17) is 0 Å². The smallest absolute Gasteiger partial charge is 0.215 e. The Hall–Kier alpha value is -1.77. The molecular formula is C19H26N4O2S. The molecular weight excluding hydrogens is 348 g/mol. The second-order valence-electron chi connectivity index (χ2n) is 6.54. The third kappa shape index (κ3) is 4.90. The zero-order valence-electron chi connectivity index (χ0n) is 14.9. The van der Waals surface area contributed by atoms with Crippen LogP contribution in [-0.4, -0.2) is 28.6 Å². The van der Waals surface area contributed by atoms with Crippen LogP contribution in [0.2, 0.25) is 0 Å². The molecule has 2 atom stereocenters. The molecule has 0 amide bonds. The summed E-state index contributed by atoms with van der Waals surface area (Å²) in [6.07, 6.45) is 0. The molecule has 140 valence electrons. The van der Waals surface area contributed by atoms with Crippen LogP contribution in [0.3, 0.4) is 0 Å². The van der Waals surface area contributed by atoms with Gasteiger partial charge in [0.15, 0.2) is 0 Å². The summed E-state index contributed by atoms with van der Waals surface area (Å²) in [6, 6.07) is 18.3. The Balaban J connectivity index is 1.60. The molecule has 0 aromatic heterocycles. The van der Waals surface area contributed by atoms with Crippen molar-refractivity contribution >= 4 is 10.0 Å². The van der Waals surface area contributed by atoms with E-state index in [1.165, 1.54) is 12.6 Å². The molecule has 2 aromatic rings. The summed E-state index contributed by atoms with van der Waals surface area (Å²) in [6.45, 7) is 2.38. The minimum Gasteiger partial charge on any atom is -0.312 e. The average Bonchev–Trinajstić information content (AvgIpc) is 3.12. The molecule has 1 heterocycles. The van der Waals surface area contributed by atoms with Crippen LogP contribution < -0.4 is 20.9 Å². The molecule has 3 rings (SSSR count). The molecule has 6 nitrogen and oxygen atoms in total. The van der Waals surface area contributed by atoms with Gasteiger partial charge in [-0.05, 0) is 23.7 Å². The number of rotatable bonds is 8. The zero-order chi connectivity index (χ0) is 18.4. The molecule has 4 N–H and O–H groups in total. The van der Waals surface area contributed by atoms with Crippen molar-refractivity contribution in [3.63, 3.8) is 0 Å². The van der Waals surface area contributed by atoms with E-state index in [0.717, 1.165) is 24.2 Å². The standard InChI is InChI=1S/C19H26N4O2S/c1-20-26(24,25)14-17-10-6-5-9-16(17)11-21-12-18-13-22-23-19(18)15-7-3-2-4-8-15/h2-10,18-23H,11-14H2,1H3. The maximum atomic E-state index is 11.9. The van der Waals surface area contributed by atoms with Gasteiger partial charge in [-0.1, -0.05) is 54.6 Å². The minimum atomic E-state index is -3.28. The van der Waals surface area contributed by atoms with Crippen molar-refractivity contribution in [1.29, 1.82) is 0 Å². The van der Waals surface area contributed by atoms with E-state index < -0.39 is 10.0 Å².